The van der Waals surface area contributed by atoms with E-state index in [2.05, 4.69) is 29.5 Å². The van der Waals surface area contributed by atoms with Crippen LogP contribution in [0.25, 0.3) is 0 Å². The first kappa shape index (κ1) is 13.1. The Labute approximate surface area is 109 Å². The molecular formula is C14H23N3O. The maximum atomic E-state index is 12.1. The molecule has 0 radical (unpaired) electrons. The van der Waals surface area contributed by atoms with Crippen LogP contribution < -0.4 is 10.6 Å². The van der Waals surface area contributed by atoms with Gasteiger partial charge in [-0.15, -0.1) is 0 Å². The molecule has 4 nitrogen and oxygen atoms in total. The van der Waals surface area contributed by atoms with Crippen molar-refractivity contribution in [3.05, 3.63) is 11.6 Å². The highest BCUT2D eigenvalue weighted by Crippen LogP contribution is 2.18. The van der Waals surface area contributed by atoms with Crippen LogP contribution in [0.5, 0.6) is 0 Å². The second kappa shape index (κ2) is 6.03. The van der Waals surface area contributed by atoms with E-state index in [0.717, 1.165) is 24.3 Å². The number of carbonyl (C=O) groups is 1. The Balaban J connectivity index is 1.83. The van der Waals surface area contributed by atoms with Gasteiger partial charge in [-0.2, -0.15) is 0 Å². The minimum Gasteiger partial charge on any atom is -0.368 e. The summed E-state index contributed by atoms with van der Waals surface area (Å²) in [5, 5.41) is 6.35. The van der Waals surface area contributed by atoms with Gasteiger partial charge < -0.3 is 10.6 Å². The summed E-state index contributed by atoms with van der Waals surface area (Å²) < 4.78 is 0. The predicted octanol–water partition coefficient (Wildman–Crippen LogP) is 1.77. The average Bonchev–Trinajstić information content (AvgIpc) is 2.78. The van der Waals surface area contributed by atoms with E-state index in [0.29, 0.717) is 18.6 Å². The van der Waals surface area contributed by atoms with Gasteiger partial charge in [-0.1, -0.05) is 19.3 Å². The predicted molar refractivity (Wildman–Crippen MR) is 73.7 cm³/mol. The van der Waals surface area contributed by atoms with Crippen LogP contribution in [0.2, 0.25) is 0 Å². The lowest BCUT2D eigenvalue weighted by atomic mass is 9.95. The minimum atomic E-state index is 0.0613. The van der Waals surface area contributed by atoms with Crippen LogP contribution in [0.1, 0.15) is 46.0 Å². The highest BCUT2D eigenvalue weighted by molar-refractivity contribution is 6.06. The second-order valence-electron chi connectivity index (χ2n) is 5.48. The van der Waals surface area contributed by atoms with Crippen molar-refractivity contribution < 1.29 is 4.79 Å². The van der Waals surface area contributed by atoms with Gasteiger partial charge in [0.2, 0.25) is 5.91 Å². The molecule has 0 bridgehead atoms. The number of carbonyl (C=O) groups excluding carboxylic acids is 1. The Morgan fingerprint density at radius 3 is 2.72 bits per heavy atom. The number of hydrogen-bond donors (Lipinski definition) is 2. The molecule has 2 aliphatic rings. The van der Waals surface area contributed by atoms with Crippen LogP contribution in [-0.2, 0) is 4.79 Å². The zero-order valence-electron chi connectivity index (χ0n) is 11.3. The van der Waals surface area contributed by atoms with Crippen LogP contribution in [0.4, 0.5) is 0 Å². The second-order valence-corrected chi connectivity index (χ2v) is 5.48. The normalized spacial score (nSPS) is 20.6. The molecular weight excluding hydrogens is 226 g/mol. The van der Waals surface area contributed by atoms with Gasteiger partial charge in [0.25, 0.3) is 0 Å². The van der Waals surface area contributed by atoms with Crippen LogP contribution >= 0.6 is 0 Å². The molecule has 100 valence electrons. The van der Waals surface area contributed by atoms with Crippen molar-refractivity contribution in [1.29, 1.82) is 0 Å². The fraction of sp³-hybridized carbons (Fsp3) is 0.714. The van der Waals surface area contributed by atoms with Crippen molar-refractivity contribution in [2.24, 2.45) is 4.99 Å². The van der Waals surface area contributed by atoms with Gasteiger partial charge in [0.1, 0.15) is 5.84 Å². The fourth-order valence-electron chi connectivity index (χ4n) is 2.47. The van der Waals surface area contributed by atoms with E-state index in [4.69, 9.17) is 0 Å². The molecule has 0 aromatic carbocycles. The maximum absolute atomic E-state index is 12.1. The third kappa shape index (κ3) is 3.59. The lowest BCUT2D eigenvalue weighted by molar-refractivity contribution is -0.118. The topological polar surface area (TPSA) is 53.5 Å². The molecule has 1 aliphatic heterocycles. The number of nitrogens with zero attached hydrogens (tertiary/aromatic N) is 1. The molecule has 0 saturated heterocycles. The van der Waals surface area contributed by atoms with Gasteiger partial charge in [-0.3, -0.25) is 9.79 Å². The van der Waals surface area contributed by atoms with Crippen molar-refractivity contribution in [2.75, 3.05) is 6.54 Å². The first-order chi connectivity index (χ1) is 8.65. The van der Waals surface area contributed by atoms with Crippen molar-refractivity contribution in [3.63, 3.8) is 0 Å². The molecule has 1 fully saturated rings. The van der Waals surface area contributed by atoms with Crippen molar-refractivity contribution >= 4 is 11.7 Å². The molecule has 0 unspecified atom stereocenters. The molecule has 0 spiro atoms. The number of rotatable bonds is 3. The molecule has 0 aromatic rings. The molecule has 1 amide bonds. The zero-order valence-corrected chi connectivity index (χ0v) is 11.3. The fourth-order valence-corrected chi connectivity index (χ4v) is 2.47. The quantitative estimate of drug-likeness (QED) is 0.801. The Morgan fingerprint density at radius 2 is 2.06 bits per heavy atom. The molecule has 2 rings (SSSR count). The van der Waals surface area contributed by atoms with Gasteiger partial charge in [0, 0.05) is 17.7 Å². The van der Waals surface area contributed by atoms with E-state index < -0.39 is 0 Å². The molecule has 1 heterocycles. The lowest BCUT2D eigenvalue weighted by Crippen LogP contribution is -2.37. The van der Waals surface area contributed by atoms with Crippen molar-refractivity contribution in [3.8, 4) is 0 Å². The van der Waals surface area contributed by atoms with Crippen LogP contribution in [-0.4, -0.2) is 30.4 Å². The lowest BCUT2D eigenvalue weighted by Gasteiger charge is -2.22. The summed E-state index contributed by atoms with van der Waals surface area (Å²) in [6.07, 6.45) is 7.90. The summed E-state index contributed by atoms with van der Waals surface area (Å²) in [5.41, 5.74) is 0.781. The average molecular weight is 249 g/mol. The largest absolute Gasteiger partial charge is 0.368 e. The summed E-state index contributed by atoms with van der Waals surface area (Å²) in [7, 11) is 0. The first-order valence-electron chi connectivity index (χ1n) is 6.97. The molecule has 2 N–H and O–H groups in total. The van der Waals surface area contributed by atoms with Gasteiger partial charge in [0.15, 0.2) is 0 Å². The van der Waals surface area contributed by atoms with Crippen LogP contribution in [0, 0.1) is 0 Å². The third-order valence-electron chi connectivity index (χ3n) is 3.40. The minimum absolute atomic E-state index is 0.0613. The zero-order chi connectivity index (χ0) is 13.0. The number of amides is 1. The first-order valence-corrected chi connectivity index (χ1v) is 6.97. The van der Waals surface area contributed by atoms with Gasteiger partial charge in [0.05, 0.1) is 6.54 Å². The van der Waals surface area contributed by atoms with E-state index in [1.165, 1.54) is 19.3 Å². The van der Waals surface area contributed by atoms with Gasteiger partial charge in [-0.05, 0) is 32.8 Å². The SMILES string of the molecule is CC(C)NC1=NCC(C(=O)NC2CCCCC2)=C1. The van der Waals surface area contributed by atoms with Gasteiger partial charge >= 0.3 is 0 Å². The number of hydrogen-bond acceptors (Lipinski definition) is 3. The van der Waals surface area contributed by atoms with Crippen molar-refractivity contribution in [2.45, 2.75) is 58.0 Å². The van der Waals surface area contributed by atoms with Crippen LogP contribution in [0.3, 0.4) is 0 Å². The Bertz CT molecular complexity index is 365. The molecule has 0 aromatic heterocycles. The number of amidine groups is 1. The summed E-state index contributed by atoms with van der Waals surface area (Å²) in [6.45, 7) is 4.64. The Hall–Kier alpha value is -1.32. The summed E-state index contributed by atoms with van der Waals surface area (Å²) in [4.78, 5) is 16.4. The van der Waals surface area contributed by atoms with Crippen LogP contribution in [0.15, 0.2) is 16.6 Å². The summed E-state index contributed by atoms with van der Waals surface area (Å²) >= 11 is 0. The molecule has 0 atom stereocenters. The standard InChI is InChI=1S/C14H23N3O/c1-10(2)16-13-8-11(9-15-13)14(18)17-12-6-4-3-5-7-12/h8,10,12H,3-7,9H2,1-2H3,(H,15,16)(H,17,18). The molecule has 1 saturated carbocycles. The Morgan fingerprint density at radius 1 is 1.33 bits per heavy atom. The van der Waals surface area contributed by atoms with E-state index in [9.17, 15) is 4.79 Å². The number of nitrogens with one attached hydrogen (secondary N) is 2. The van der Waals surface area contributed by atoms with Gasteiger partial charge in [-0.25, -0.2) is 0 Å². The maximum Gasteiger partial charge on any atom is 0.249 e. The van der Waals surface area contributed by atoms with Crippen molar-refractivity contribution in [1.82, 2.24) is 10.6 Å². The van der Waals surface area contributed by atoms with E-state index in [-0.39, 0.29) is 5.91 Å². The van der Waals surface area contributed by atoms with E-state index in [1.54, 1.807) is 0 Å². The monoisotopic (exact) mass is 249 g/mol. The highest BCUT2D eigenvalue weighted by atomic mass is 16.1. The molecule has 1 aliphatic carbocycles. The molecule has 4 heteroatoms. The molecule has 18 heavy (non-hydrogen) atoms. The third-order valence-corrected chi connectivity index (χ3v) is 3.40. The number of aliphatic imine (C=N–C) groups is 1. The summed E-state index contributed by atoms with van der Waals surface area (Å²) in [6, 6.07) is 0.718. The smallest absolute Gasteiger partial charge is 0.249 e. The van der Waals surface area contributed by atoms with E-state index >= 15 is 0 Å². The Kier molecular flexibility index (Phi) is 4.39. The highest BCUT2D eigenvalue weighted by Gasteiger charge is 2.20. The van der Waals surface area contributed by atoms with E-state index in [1.807, 2.05) is 6.08 Å². The summed E-state index contributed by atoms with van der Waals surface area (Å²) in [5.74, 6) is 0.894.